The molecule has 0 aliphatic rings. The van der Waals surface area contributed by atoms with Gasteiger partial charge in [0.05, 0.1) is 6.20 Å². The first kappa shape index (κ1) is 8.86. The number of carbonyl (C=O) groups is 1. The number of hydrogen-bond donors (Lipinski definition) is 1. The predicted molar refractivity (Wildman–Crippen MR) is 43.9 cm³/mol. The number of aryl methyl sites for hydroxylation is 1. The van der Waals surface area contributed by atoms with Crippen molar-refractivity contribution < 1.29 is 4.79 Å². The number of nitrogens with one attached hydrogen (secondary N) is 1. The quantitative estimate of drug-likeness (QED) is 0.622. The van der Waals surface area contributed by atoms with Crippen LogP contribution in [0.4, 0.5) is 0 Å². The van der Waals surface area contributed by atoms with E-state index in [9.17, 15) is 4.79 Å². The molecule has 0 spiro atoms. The highest BCUT2D eigenvalue weighted by Crippen LogP contribution is 1.97. The Bertz CT molecular complexity index is 268. The van der Waals surface area contributed by atoms with Crippen molar-refractivity contribution in [1.82, 2.24) is 20.3 Å². The fourth-order valence-electron chi connectivity index (χ4n) is 0.909. The summed E-state index contributed by atoms with van der Waals surface area (Å²) in [4.78, 5) is 11.3. The summed E-state index contributed by atoms with van der Waals surface area (Å²) in [6.45, 7) is 0.685. The van der Waals surface area contributed by atoms with E-state index >= 15 is 0 Å². The fraction of sp³-hybridized carbons (Fsp3) is 0.571. The van der Waals surface area contributed by atoms with Crippen molar-refractivity contribution in [2.24, 2.45) is 7.05 Å². The first-order chi connectivity index (χ1) is 5.75. The first-order valence-electron chi connectivity index (χ1n) is 3.78. The van der Waals surface area contributed by atoms with Crippen molar-refractivity contribution in [1.29, 1.82) is 0 Å². The lowest BCUT2D eigenvalue weighted by Gasteiger charge is -1.98. The van der Waals surface area contributed by atoms with Crippen LogP contribution in [-0.2, 0) is 7.05 Å². The standard InChI is InChI=1S/C7H12N4O/c1-8-4-3-7(12)6-5-9-10-11(6)2/h5,8H,3-4H2,1-2H3. The molecule has 12 heavy (non-hydrogen) atoms. The van der Waals surface area contributed by atoms with Gasteiger partial charge in [0.2, 0.25) is 0 Å². The van der Waals surface area contributed by atoms with E-state index < -0.39 is 0 Å². The van der Waals surface area contributed by atoms with Crippen molar-refractivity contribution in [2.75, 3.05) is 13.6 Å². The van der Waals surface area contributed by atoms with Gasteiger partial charge < -0.3 is 5.32 Å². The monoisotopic (exact) mass is 168 g/mol. The molecule has 0 bridgehead atoms. The number of ketones is 1. The van der Waals surface area contributed by atoms with E-state index in [0.717, 1.165) is 0 Å². The SMILES string of the molecule is CNCCC(=O)c1cnnn1C. The van der Waals surface area contributed by atoms with Crippen LogP contribution < -0.4 is 5.32 Å². The van der Waals surface area contributed by atoms with Gasteiger partial charge in [-0.1, -0.05) is 5.21 Å². The van der Waals surface area contributed by atoms with Gasteiger partial charge in [-0.15, -0.1) is 5.10 Å². The first-order valence-corrected chi connectivity index (χ1v) is 3.78. The predicted octanol–water partition coefficient (Wildman–Crippen LogP) is -0.393. The molecule has 1 heterocycles. The van der Waals surface area contributed by atoms with Crippen LogP contribution in [-0.4, -0.2) is 34.4 Å². The molecule has 0 aliphatic heterocycles. The van der Waals surface area contributed by atoms with Gasteiger partial charge in [0.1, 0.15) is 5.69 Å². The smallest absolute Gasteiger partial charge is 0.183 e. The summed E-state index contributed by atoms with van der Waals surface area (Å²) in [5, 5.41) is 10.2. The molecule has 5 nitrogen and oxygen atoms in total. The average molecular weight is 168 g/mol. The number of rotatable bonds is 4. The van der Waals surface area contributed by atoms with E-state index in [1.807, 2.05) is 7.05 Å². The van der Waals surface area contributed by atoms with E-state index in [2.05, 4.69) is 15.6 Å². The molecule has 0 saturated heterocycles. The highest BCUT2D eigenvalue weighted by Gasteiger charge is 2.09. The minimum Gasteiger partial charge on any atom is -0.319 e. The van der Waals surface area contributed by atoms with Gasteiger partial charge in [0, 0.05) is 20.0 Å². The molecule has 0 saturated carbocycles. The second-order valence-electron chi connectivity index (χ2n) is 2.52. The van der Waals surface area contributed by atoms with Crippen molar-refractivity contribution in [3.05, 3.63) is 11.9 Å². The maximum absolute atomic E-state index is 11.3. The van der Waals surface area contributed by atoms with Crippen LogP contribution in [0, 0.1) is 0 Å². The van der Waals surface area contributed by atoms with Crippen LogP contribution in [0.1, 0.15) is 16.9 Å². The lowest BCUT2D eigenvalue weighted by atomic mass is 10.2. The molecule has 1 N–H and O–H groups in total. The number of hydrogen-bond acceptors (Lipinski definition) is 4. The second-order valence-corrected chi connectivity index (χ2v) is 2.52. The van der Waals surface area contributed by atoms with E-state index in [1.54, 1.807) is 7.05 Å². The molecule has 0 fully saturated rings. The van der Waals surface area contributed by atoms with Crippen LogP contribution in [0.5, 0.6) is 0 Å². The second kappa shape index (κ2) is 3.96. The topological polar surface area (TPSA) is 59.8 Å². The molecule has 0 radical (unpaired) electrons. The highest BCUT2D eigenvalue weighted by molar-refractivity contribution is 5.94. The minimum atomic E-state index is 0.0665. The lowest BCUT2D eigenvalue weighted by molar-refractivity contribution is 0.0974. The van der Waals surface area contributed by atoms with Crippen LogP contribution in [0.15, 0.2) is 6.20 Å². The zero-order chi connectivity index (χ0) is 8.97. The Morgan fingerprint density at radius 1 is 1.75 bits per heavy atom. The molecule has 5 heteroatoms. The molecule has 0 unspecified atom stereocenters. The normalized spacial score (nSPS) is 10.2. The molecule has 1 aromatic heterocycles. The third-order valence-corrected chi connectivity index (χ3v) is 1.60. The summed E-state index contributed by atoms with van der Waals surface area (Å²) in [5.41, 5.74) is 0.560. The van der Waals surface area contributed by atoms with Crippen molar-refractivity contribution >= 4 is 5.78 Å². The van der Waals surface area contributed by atoms with Crippen molar-refractivity contribution in [2.45, 2.75) is 6.42 Å². The molecule has 0 atom stereocenters. The van der Waals surface area contributed by atoms with E-state index in [0.29, 0.717) is 18.7 Å². The Morgan fingerprint density at radius 2 is 2.50 bits per heavy atom. The molecule has 1 aromatic rings. The highest BCUT2D eigenvalue weighted by atomic mass is 16.1. The minimum absolute atomic E-state index is 0.0665. The van der Waals surface area contributed by atoms with Gasteiger partial charge in [-0.25, -0.2) is 4.68 Å². The van der Waals surface area contributed by atoms with Crippen LogP contribution in [0.3, 0.4) is 0 Å². The third kappa shape index (κ3) is 1.88. The maximum atomic E-state index is 11.3. The Balaban J connectivity index is 2.59. The van der Waals surface area contributed by atoms with Crippen molar-refractivity contribution in [3.63, 3.8) is 0 Å². The molecule has 1 rings (SSSR count). The van der Waals surface area contributed by atoms with Crippen LogP contribution >= 0.6 is 0 Å². The summed E-state index contributed by atoms with van der Waals surface area (Å²) in [6.07, 6.45) is 1.97. The summed E-state index contributed by atoms with van der Waals surface area (Å²) in [7, 11) is 3.52. The molecule has 0 amide bonds. The van der Waals surface area contributed by atoms with E-state index in [1.165, 1.54) is 10.9 Å². The van der Waals surface area contributed by atoms with Gasteiger partial charge in [-0.3, -0.25) is 4.79 Å². The van der Waals surface area contributed by atoms with Gasteiger partial charge in [-0.05, 0) is 7.05 Å². The molecule has 0 aromatic carbocycles. The lowest BCUT2D eigenvalue weighted by Crippen LogP contribution is -2.15. The molecular formula is C7H12N4O. The van der Waals surface area contributed by atoms with Crippen molar-refractivity contribution in [3.8, 4) is 0 Å². The summed E-state index contributed by atoms with van der Waals surface area (Å²) in [6, 6.07) is 0. The maximum Gasteiger partial charge on any atom is 0.183 e. The Labute approximate surface area is 70.8 Å². The third-order valence-electron chi connectivity index (χ3n) is 1.60. The fourth-order valence-corrected chi connectivity index (χ4v) is 0.909. The van der Waals surface area contributed by atoms with Crippen LogP contribution in [0.25, 0.3) is 0 Å². The van der Waals surface area contributed by atoms with Gasteiger partial charge in [-0.2, -0.15) is 0 Å². The molecule has 0 aliphatic carbocycles. The number of Topliss-reactive ketones (excluding diaryl/α,β-unsaturated/α-hetero) is 1. The van der Waals surface area contributed by atoms with E-state index in [-0.39, 0.29) is 5.78 Å². The number of aromatic nitrogens is 3. The average Bonchev–Trinajstić information content (AvgIpc) is 2.47. The van der Waals surface area contributed by atoms with E-state index in [4.69, 9.17) is 0 Å². The Morgan fingerprint density at radius 3 is 3.00 bits per heavy atom. The van der Waals surface area contributed by atoms with Crippen LogP contribution in [0.2, 0.25) is 0 Å². The molecular weight excluding hydrogens is 156 g/mol. The summed E-state index contributed by atoms with van der Waals surface area (Å²) < 4.78 is 1.48. The Kier molecular flexibility index (Phi) is 2.93. The van der Waals surface area contributed by atoms with Gasteiger partial charge in [0.25, 0.3) is 0 Å². The number of nitrogens with zero attached hydrogens (tertiary/aromatic N) is 3. The largest absolute Gasteiger partial charge is 0.319 e. The van der Waals surface area contributed by atoms with Gasteiger partial charge >= 0.3 is 0 Å². The summed E-state index contributed by atoms with van der Waals surface area (Å²) >= 11 is 0. The summed E-state index contributed by atoms with van der Waals surface area (Å²) in [5.74, 6) is 0.0665. The zero-order valence-corrected chi connectivity index (χ0v) is 7.24. The molecule has 66 valence electrons. The Hall–Kier alpha value is -1.23. The zero-order valence-electron chi connectivity index (χ0n) is 7.24. The van der Waals surface area contributed by atoms with Gasteiger partial charge in [0.15, 0.2) is 5.78 Å². The number of carbonyl (C=O) groups excluding carboxylic acids is 1.